The van der Waals surface area contributed by atoms with Crippen molar-refractivity contribution in [1.82, 2.24) is 4.57 Å². The average molecular weight is 392 g/mol. The molecule has 140 valence electrons. The van der Waals surface area contributed by atoms with Crippen molar-refractivity contribution in [2.45, 2.75) is 13.5 Å². The average Bonchev–Trinajstić information content (AvgIpc) is 3.13. The van der Waals surface area contributed by atoms with E-state index in [2.05, 4.69) is 0 Å². The third kappa shape index (κ3) is 3.20. The molecule has 1 aliphatic rings. The van der Waals surface area contributed by atoms with Gasteiger partial charge in [-0.3, -0.25) is 14.4 Å². The van der Waals surface area contributed by atoms with Gasteiger partial charge in [-0.25, -0.2) is 4.90 Å². The number of aryl methyl sites for hydroxylation is 1. The van der Waals surface area contributed by atoms with Crippen LogP contribution in [0.2, 0.25) is 0 Å². The zero-order valence-corrected chi connectivity index (χ0v) is 15.8. The molecular formula is C21H16N2O4S. The molecular weight excluding hydrogens is 376 g/mol. The molecule has 4 rings (SSSR count). The first-order valence-electron chi connectivity index (χ1n) is 8.58. The second kappa shape index (κ2) is 7.01. The summed E-state index contributed by atoms with van der Waals surface area (Å²) >= 11 is 0.880. The number of nitrogens with zero attached hydrogens (tertiary/aromatic N) is 2. The zero-order chi connectivity index (χ0) is 19.8. The van der Waals surface area contributed by atoms with Crippen molar-refractivity contribution in [3.63, 3.8) is 0 Å². The Morgan fingerprint density at radius 1 is 1.11 bits per heavy atom. The van der Waals surface area contributed by atoms with Crippen LogP contribution < -0.4 is 4.90 Å². The molecule has 2 amide bonds. The number of fused-ring (bicyclic) bond motifs is 1. The number of amides is 2. The van der Waals surface area contributed by atoms with Gasteiger partial charge in [0.05, 0.1) is 10.6 Å². The first-order chi connectivity index (χ1) is 13.4. The van der Waals surface area contributed by atoms with E-state index in [1.807, 2.05) is 43.3 Å². The van der Waals surface area contributed by atoms with Gasteiger partial charge in [0.25, 0.3) is 11.1 Å². The van der Waals surface area contributed by atoms with Crippen molar-refractivity contribution < 1.29 is 19.5 Å². The van der Waals surface area contributed by atoms with Crippen LogP contribution in [0.1, 0.15) is 11.1 Å². The Bertz CT molecular complexity index is 1140. The third-order valence-corrected chi connectivity index (χ3v) is 5.37. The Morgan fingerprint density at radius 2 is 1.82 bits per heavy atom. The predicted molar refractivity (Wildman–Crippen MR) is 109 cm³/mol. The number of anilines is 1. The Hall–Kier alpha value is -3.32. The Kier molecular flexibility index (Phi) is 4.52. The third-order valence-electron chi connectivity index (χ3n) is 4.50. The summed E-state index contributed by atoms with van der Waals surface area (Å²) in [5, 5.41) is 9.60. The molecule has 6 nitrogen and oxygen atoms in total. The first-order valence-corrected chi connectivity index (χ1v) is 9.40. The lowest BCUT2D eigenvalue weighted by molar-refractivity contribution is -0.137. The van der Waals surface area contributed by atoms with Crippen LogP contribution in [0.3, 0.4) is 0 Å². The summed E-state index contributed by atoms with van der Waals surface area (Å²) < 4.78 is 1.62. The normalized spacial score (nSPS) is 15.8. The van der Waals surface area contributed by atoms with Crippen molar-refractivity contribution in [3.8, 4) is 0 Å². The second-order valence-electron chi connectivity index (χ2n) is 6.48. The van der Waals surface area contributed by atoms with Gasteiger partial charge in [-0.1, -0.05) is 35.9 Å². The summed E-state index contributed by atoms with van der Waals surface area (Å²) in [6.07, 6.45) is 3.35. The largest absolute Gasteiger partial charge is 0.480 e. The summed E-state index contributed by atoms with van der Waals surface area (Å²) in [4.78, 5) is 37.9. The van der Waals surface area contributed by atoms with E-state index < -0.39 is 5.97 Å². The van der Waals surface area contributed by atoms with Crippen LogP contribution in [0.15, 0.2) is 59.6 Å². The number of aliphatic carboxylic acids is 1. The number of carbonyl (C=O) groups excluding carboxylic acids is 2. The number of hydrogen-bond donors (Lipinski definition) is 1. The Balaban J connectivity index is 1.74. The number of imide groups is 1. The van der Waals surface area contributed by atoms with Gasteiger partial charge in [0.2, 0.25) is 0 Å². The number of para-hydroxylation sites is 1. The quantitative estimate of drug-likeness (QED) is 0.671. The monoisotopic (exact) mass is 392 g/mol. The fourth-order valence-corrected chi connectivity index (χ4v) is 4.02. The number of aromatic nitrogens is 1. The van der Waals surface area contributed by atoms with Crippen molar-refractivity contribution in [1.29, 1.82) is 0 Å². The first kappa shape index (κ1) is 18.1. The Morgan fingerprint density at radius 3 is 2.54 bits per heavy atom. The van der Waals surface area contributed by atoms with Crippen molar-refractivity contribution in [3.05, 3.63) is 70.8 Å². The minimum Gasteiger partial charge on any atom is -0.480 e. The van der Waals surface area contributed by atoms with Crippen LogP contribution in [0, 0.1) is 6.92 Å². The van der Waals surface area contributed by atoms with E-state index >= 15 is 0 Å². The molecule has 3 aromatic rings. The smallest absolute Gasteiger partial charge is 0.323 e. The molecule has 1 saturated heterocycles. The molecule has 0 radical (unpaired) electrons. The SMILES string of the molecule is Cc1ccc(N2C(=O)S/C(=C\c3cn(CC(=O)O)c4ccccc34)C2=O)cc1. The fourth-order valence-electron chi connectivity index (χ4n) is 3.19. The maximum Gasteiger partial charge on any atom is 0.323 e. The van der Waals surface area contributed by atoms with E-state index in [-0.39, 0.29) is 17.7 Å². The fraction of sp³-hybridized carbons (Fsp3) is 0.0952. The van der Waals surface area contributed by atoms with Gasteiger partial charge in [-0.2, -0.15) is 0 Å². The summed E-state index contributed by atoms with van der Waals surface area (Å²) in [5.41, 5.74) is 3.03. The van der Waals surface area contributed by atoms with Crippen LogP contribution in [0.4, 0.5) is 10.5 Å². The highest BCUT2D eigenvalue weighted by Crippen LogP contribution is 2.37. The molecule has 7 heteroatoms. The highest BCUT2D eigenvalue weighted by Gasteiger charge is 2.36. The summed E-state index contributed by atoms with van der Waals surface area (Å²) in [6, 6.07) is 14.6. The molecule has 1 aliphatic heterocycles. The minimum atomic E-state index is -0.952. The van der Waals surface area contributed by atoms with Crippen molar-refractivity contribution >= 4 is 51.5 Å². The van der Waals surface area contributed by atoms with E-state index in [1.165, 1.54) is 0 Å². The van der Waals surface area contributed by atoms with Gasteiger partial charge in [-0.05, 0) is 43.0 Å². The van der Waals surface area contributed by atoms with Crippen LogP contribution in [0.25, 0.3) is 17.0 Å². The molecule has 1 fully saturated rings. The van der Waals surface area contributed by atoms with E-state index in [0.717, 1.165) is 33.1 Å². The number of carboxylic acids is 1. The maximum absolute atomic E-state index is 12.8. The molecule has 1 aromatic heterocycles. The maximum atomic E-state index is 12.8. The van der Waals surface area contributed by atoms with Crippen molar-refractivity contribution in [2.75, 3.05) is 4.90 Å². The molecule has 2 aromatic carbocycles. The molecule has 0 saturated carbocycles. The standard InChI is InChI=1S/C21H16N2O4S/c1-13-6-8-15(9-7-13)23-20(26)18(28-21(23)27)10-14-11-22(12-19(24)25)17-5-3-2-4-16(14)17/h2-11H,12H2,1H3,(H,24,25)/b18-10-. The van der Waals surface area contributed by atoms with E-state index in [4.69, 9.17) is 5.11 Å². The molecule has 0 spiro atoms. The summed E-state index contributed by atoms with van der Waals surface area (Å²) in [7, 11) is 0. The number of carbonyl (C=O) groups is 3. The van der Waals surface area contributed by atoms with Gasteiger partial charge >= 0.3 is 5.97 Å². The molecule has 0 atom stereocenters. The van der Waals surface area contributed by atoms with Gasteiger partial charge in [-0.15, -0.1) is 0 Å². The Labute approximate surface area is 165 Å². The van der Waals surface area contributed by atoms with Crippen LogP contribution in [0.5, 0.6) is 0 Å². The lowest BCUT2D eigenvalue weighted by Crippen LogP contribution is -2.27. The second-order valence-corrected chi connectivity index (χ2v) is 7.47. The van der Waals surface area contributed by atoms with Crippen LogP contribution >= 0.6 is 11.8 Å². The van der Waals surface area contributed by atoms with Gasteiger partial charge < -0.3 is 9.67 Å². The summed E-state index contributed by atoms with van der Waals surface area (Å²) in [6.45, 7) is 1.75. The molecule has 28 heavy (non-hydrogen) atoms. The minimum absolute atomic E-state index is 0.181. The topological polar surface area (TPSA) is 79.6 Å². The molecule has 0 bridgehead atoms. The number of rotatable bonds is 4. The van der Waals surface area contributed by atoms with Crippen molar-refractivity contribution in [2.24, 2.45) is 0 Å². The van der Waals surface area contributed by atoms with Crippen LogP contribution in [-0.2, 0) is 16.1 Å². The number of benzene rings is 2. The zero-order valence-electron chi connectivity index (χ0n) is 15.0. The number of hydrogen-bond acceptors (Lipinski definition) is 4. The van der Waals surface area contributed by atoms with Gasteiger partial charge in [0.1, 0.15) is 6.54 Å². The number of carboxylic acid groups (broad SMARTS) is 1. The predicted octanol–water partition coefficient (Wildman–Crippen LogP) is 4.28. The molecule has 0 aliphatic carbocycles. The lowest BCUT2D eigenvalue weighted by atomic mass is 10.1. The van der Waals surface area contributed by atoms with Gasteiger partial charge in [0, 0.05) is 22.7 Å². The van der Waals surface area contributed by atoms with E-state index in [9.17, 15) is 14.4 Å². The van der Waals surface area contributed by atoms with Gasteiger partial charge in [0.15, 0.2) is 0 Å². The lowest BCUT2D eigenvalue weighted by Gasteiger charge is -2.12. The highest BCUT2D eigenvalue weighted by atomic mass is 32.2. The summed E-state index contributed by atoms with van der Waals surface area (Å²) in [5.74, 6) is -1.33. The molecule has 2 heterocycles. The van der Waals surface area contributed by atoms with Crippen LogP contribution in [-0.4, -0.2) is 26.8 Å². The number of thioether (sulfide) groups is 1. The highest BCUT2D eigenvalue weighted by molar-refractivity contribution is 8.19. The molecule has 0 unspecified atom stereocenters. The van der Waals surface area contributed by atoms with E-state index in [0.29, 0.717) is 16.2 Å². The molecule has 1 N–H and O–H groups in total. The van der Waals surface area contributed by atoms with E-state index in [1.54, 1.807) is 29.0 Å².